The van der Waals surface area contributed by atoms with Crippen LogP contribution in [0.3, 0.4) is 0 Å². The van der Waals surface area contributed by atoms with Gasteiger partial charge in [-0.05, 0) is 26.0 Å². The molecule has 0 saturated heterocycles. The number of hydrogen-bond donors (Lipinski definition) is 0. The van der Waals surface area contributed by atoms with Gasteiger partial charge in [0.15, 0.2) is 5.78 Å². The third kappa shape index (κ3) is 5.18. The molecule has 0 amide bonds. The first-order valence-electron chi connectivity index (χ1n) is 6.22. The Bertz CT molecular complexity index is 625. The molecule has 0 radical (unpaired) electrons. The van der Waals surface area contributed by atoms with E-state index in [9.17, 15) is 22.8 Å². The number of ether oxygens (including phenoxy) is 1. The molecule has 0 aromatic heterocycles. The maximum Gasteiger partial charge on any atom is 0.416 e. The Morgan fingerprint density at radius 3 is 2.17 bits per heavy atom. The Morgan fingerprint density at radius 1 is 1.26 bits per heavy atom. The molecular weight excluding hydrogens is 360 g/mol. The van der Waals surface area contributed by atoms with Crippen LogP contribution < -0.4 is 0 Å². The van der Waals surface area contributed by atoms with Crippen LogP contribution in [0.5, 0.6) is 0 Å². The molecule has 0 aliphatic heterocycles. The van der Waals surface area contributed by atoms with Crippen molar-refractivity contribution >= 4 is 40.6 Å². The van der Waals surface area contributed by atoms with Crippen molar-refractivity contribution in [3.8, 4) is 0 Å². The summed E-state index contributed by atoms with van der Waals surface area (Å²) in [7, 11) is 0. The summed E-state index contributed by atoms with van der Waals surface area (Å²) < 4.78 is 42.5. The van der Waals surface area contributed by atoms with Crippen LogP contribution in [-0.4, -0.2) is 24.4 Å². The van der Waals surface area contributed by atoms with Crippen LogP contribution in [0.4, 0.5) is 18.9 Å². The highest BCUT2D eigenvalue weighted by Gasteiger charge is 2.32. The van der Waals surface area contributed by atoms with E-state index in [1.54, 1.807) is 0 Å². The fourth-order valence-electron chi connectivity index (χ4n) is 1.46. The number of halogens is 5. The van der Waals surface area contributed by atoms with Gasteiger partial charge >= 0.3 is 12.1 Å². The molecule has 0 aliphatic rings. The quantitative estimate of drug-likeness (QED) is 0.431. The van der Waals surface area contributed by atoms with Gasteiger partial charge in [0.1, 0.15) is 5.69 Å². The molecule has 0 saturated carbocycles. The third-order valence-corrected chi connectivity index (χ3v) is 3.09. The summed E-state index contributed by atoms with van der Waals surface area (Å²) in [6, 6.07) is -0.298. The number of ketones is 1. The summed E-state index contributed by atoms with van der Waals surface area (Å²) in [5, 5.41) is 6.17. The summed E-state index contributed by atoms with van der Waals surface area (Å²) in [4.78, 5) is 22.9. The molecule has 23 heavy (non-hydrogen) atoms. The first-order chi connectivity index (χ1) is 10.6. The fourth-order valence-corrected chi connectivity index (χ4v) is 2.02. The molecule has 0 heterocycles. The highest BCUT2D eigenvalue weighted by atomic mass is 35.5. The van der Waals surface area contributed by atoms with Crippen molar-refractivity contribution in [2.75, 3.05) is 6.61 Å². The van der Waals surface area contributed by atoms with Crippen molar-refractivity contribution in [2.45, 2.75) is 26.1 Å². The number of benzene rings is 1. The minimum atomic E-state index is -4.63. The molecule has 0 spiro atoms. The second kappa shape index (κ2) is 7.74. The highest BCUT2D eigenvalue weighted by molar-refractivity contribution is 6.38. The number of nitrogens with zero attached hydrogens (tertiary/aromatic N) is 2. The van der Waals surface area contributed by atoms with Crippen LogP contribution in [0.2, 0.25) is 10.0 Å². The molecule has 0 bridgehead atoms. The van der Waals surface area contributed by atoms with E-state index in [4.69, 9.17) is 23.2 Å². The van der Waals surface area contributed by atoms with E-state index in [1.807, 2.05) is 0 Å². The van der Waals surface area contributed by atoms with Crippen LogP contribution in [0.1, 0.15) is 19.4 Å². The number of alkyl halides is 3. The van der Waals surface area contributed by atoms with Gasteiger partial charge < -0.3 is 4.74 Å². The lowest BCUT2D eigenvalue weighted by atomic mass is 10.2. The maximum atomic E-state index is 12.6. The number of azo groups is 1. The number of rotatable bonds is 5. The van der Waals surface area contributed by atoms with Gasteiger partial charge in [0, 0.05) is 0 Å². The molecule has 1 aromatic carbocycles. The van der Waals surface area contributed by atoms with Gasteiger partial charge in [-0.1, -0.05) is 23.2 Å². The van der Waals surface area contributed by atoms with Crippen molar-refractivity contribution < 1.29 is 27.5 Å². The summed E-state index contributed by atoms with van der Waals surface area (Å²) in [6.45, 7) is 2.66. The zero-order chi connectivity index (χ0) is 17.8. The summed E-state index contributed by atoms with van der Waals surface area (Å²) in [5.74, 6) is -1.57. The molecule has 1 unspecified atom stereocenters. The summed E-state index contributed by atoms with van der Waals surface area (Å²) in [6.07, 6.45) is -4.63. The van der Waals surface area contributed by atoms with E-state index in [-0.39, 0.29) is 12.3 Å². The maximum absolute atomic E-state index is 12.6. The largest absolute Gasteiger partial charge is 0.464 e. The van der Waals surface area contributed by atoms with Crippen molar-refractivity contribution in [1.29, 1.82) is 0 Å². The third-order valence-electron chi connectivity index (χ3n) is 2.51. The number of Topliss-reactive ketones (excluding diaryl/α,β-unsaturated/α-hetero) is 1. The molecule has 10 heteroatoms. The van der Waals surface area contributed by atoms with Crippen LogP contribution >= 0.6 is 23.2 Å². The zero-order valence-corrected chi connectivity index (χ0v) is 13.5. The first-order valence-corrected chi connectivity index (χ1v) is 6.97. The number of carbonyl (C=O) groups is 2. The lowest BCUT2D eigenvalue weighted by Crippen LogP contribution is -2.28. The molecule has 1 aromatic rings. The lowest BCUT2D eigenvalue weighted by Gasteiger charge is -2.10. The number of carbonyl (C=O) groups excluding carboxylic acids is 2. The monoisotopic (exact) mass is 370 g/mol. The Kier molecular flexibility index (Phi) is 6.52. The van der Waals surface area contributed by atoms with E-state index in [2.05, 4.69) is 15.0 Å². The van der Waals surface area contributed by atoms with E-state index in [0.717, 1.165) is 6.92 Å². The fraction of sp³-hybridized carbons (Fsp3) is 0.385. The highest BCUT2D eigenvalue weighted by Crippen LogP contribution is 2.40. The predicted octanol–water partition coefficient (Wildman–Crippen LogP) is 4.62. The normalized spacial score (nSPS) is 13.2. The van der Waals surface area contributed by atoms with Gasteiger partial charge in [0.25, 0.3) is 0 Å². The standard InChI is InChI=1S/C13H11Cl2F3N2O3/c1-3-23-12(22)10(6(2)21)19-20-11-8(14)4-7(5-9(11)15)13(16,17)18/h4-5,10H,3H2,1-2H3. The average Bonchev–Trinajstić information content (AvgIpc) is 2.40. The Balaban J connectivity index is 3.17. The number of hydrogen-bond acceptors (Lipinski definition) is 5. The predicted molar refractivity (Wildman–Crippen MR) is 77.1 cm³/mol. The van der Waals surface area contributed by atoms with Gasteiger partial charge in [0.2, 0.25) is 6.04 Å². The van der Waals surface area contributed by atoms with Crippen molar-refractivity contribution in [3.05, 3.63) is 27.7 Å². The summed E-state index contributed by atoms with van der Waals surface area (Å²) >= 11 is 11.4. The van der Waals surface area contributed by atoms with E-state index >= 15 is 0 Å². The van der Waals surface area contributed by atoms with Gasteiger partial charge in [-0.15, -0.1) is 0 Å². The van der Waals surface area contributed by atoms with E-state index in [0.29, 0.717) is 12.1 Å². The van der Waals surface area contributed by atoms with E-state index in [1.165, 1.54) is 6.92 Å². The average molecular weight is 371 g/mol. The van der Waals surface area contributed by atoms with Gasteiger partial charge in [-0.25, -0.2) is 4.79 Å². The molecule has 126 valence electrons. The van der Waals surface area contributed by atoms with Crippen molar-refractivity contribution in [1.82, 2.24) is 0 Å². The molecule has 1 rings (SSSR count). The van der Waals surface area contributed by atoms with Crippen molar-refractivity contribution in [3.63, 3.8) is 0 Å². The van der Waals surface area contributed by atoms with Crippen LogP contribution in [0.25, 0.3) is 0 Å². The topological polar surface area (TPSA) is 68.1 Å². The summed E-state index contributed by atoms with van der Waals surface area (Å²) in [5.41, 5.74) is -1.34. The van der Waals surface area contributed by atoms with Crippen molar-refractivity contribution in [2.24, 2.45) is 10.2 Å². The molecule has 0 fully saturated rings. The first kappa shape index (κ1) is 19.4. The number of esters is 1. The zero-order valence-electron chi connectivity index (χ0n) is 11.9. The minimum absolute atomic E-state index is 0.0277. The SMILES string of the molecule is CCOC(=O)C(N=Nc1c(Cl)cc(C(F)(F)F)cc1Cl)C(C)=O. The molecular formula is C13H11Cl2F3N2O3. The Labute approximate surface area is 139 Å². The molecule has 1 atom stereocenters. The van der Waals surface area contributed by atoms with Crippen LogP contribution in [0, 0.1) is 0 Å². The molecule has 5 nitrogen and oxygen atoms in total. The van der Waals surface area contributed by atoms with Gasteiger partial charge in [-0.3, -0.25) is 4.79 Å². The second-order valence-electron chi connectivity index (χ2n) is 4.27. The van der Waals surface area contributed by atoms with E-state index < -0.39 is 39.6 Å². The lowest BCUT2D eigenvalue weighted by molar-refractivity contribution is -0.147. The van der Waals surface area contributed by atoms with Crippen LogP contribution in [-0.2, 0) is 20.5 Å². The minimum Gasteiger partial charge on any atom is -0.464 e. The second-order valence-corrected chi connectivity index (χ2v) is 5.08. The van der Waals surface area contributed by atoms with Gasteiger partial charge in [0.05, 0.1) is 22.2 Å². The Morgan fingerprint density at radius 2 is 1.78 bits per heavy atom. The smallest absolute Gasteiger partial charge is 0.416 e. The Hall–Kier alpha value is -1.67. The molecule has 0 N–H and O–H groups in total. The van der Waals surface area contributed by atoms with Gasteiger partial charge in [-0.2, -0.15) is 23.4 Å². The molecule has 0 aliphatic carbocycles. The van der Waals surface area contributed by atoms with Crippen LogP contribution in [0.15, 0.2) is 22.4 Å².